The number of carbonyl (C=O) groups is 16. The highest BCUT2D eigenvalue weighted by molar-refractivity contribution is 6.38. The van der Waals surface area contributed by atoms with Crippen molar-refractivity contribution in [2.75, 3.05) is 46.0 Å². The van der Waals surface area contributed by atoms with Gasteiger partial charge in [0.25, 0.3) is 11.8 Å². The minimum atomic E-state index is -1.18. The zero-order chi connectivity index (χ0) is 97.4. The Balaban J connectivity index is 0.000000210. The molecule has 14 amide bonds. The van der Waals surface area contributed by atoms with Crippen LogP contribution in [-0.4, -0.2) is 269 Å². The summed E-state index contributed by atoms with van der Waals surface area (Å²) in [5.74, 6) is -5.31. The number of hydrogen-bond acceptors (Lipinski definition) is 22. The standard InChI is InChI=1S/C39H62N6O8.C32H52N4O8.C26H43N3O6/c1-22-30(43-36(52)42-26(37(2,3)4)21-44-27(46)18-38(5,6)19-28(44)47)35(51)45-20-24-29(39(24,7)8)31(45)33(49)41-25(14-12-10-9-11-13-17-53-22)32(48)34(50)40-23-15-16-23;1-18-24(35-30(41)44-31(3,4)5)29(40)36-17-21-23(32(21,6)7)25(36)27(38)34-22(13-11-9-8-10-12-16-42-18)26(43-19(2)37)28(39)33-20-14-15-20;1-16-20(28-24(33)35-25(2,3)4)23(32)29-14-18-19(26(18,5)6)21(29)22(31)27-17(15-30)12-10-8-7-9-11-13-34-16/h22-26,29-31H,9-21H2,1-8H3,(H,40,50)(H,41,49)(H2,42,43,52);18,20-26H,8-17H2,1-7H3,(H,33,39)(H,34,38)(H,35,41);15-21H,7-14H2,1-6H3,(H,27,31)(H,28,33)/t22-,24-,25-,26+,29-,30-,31-;18-,21-,22-,23-,24-,25-,26?;16-,17-,18-,19-,20-,21-/m000/s1. The largest absolute Gasteiger partial charge is 0.450 e. The molecule has 7 saturated heterocycles. The maximum atomic E-state index is 14.6. The number of nitrogens with zero attached hydrogens (tertiary/aromatic N) is 4. The Labute approximate surface area is 780 Å². The van der Waals surface area contributed by atoms with Crippen molar-refractivity contribution < 1.29 is 105 Å². The maximum absolute atomic E-state index is 14.6. The summed E-state index contributed by atoms with van der Waals surface area (Å²) >= 11 is 0. The smallest absolute Gasteiger partial charge is 0.408 e. The number of likely N-dealkylation sites (tertiary alicyclic amines) is 1. The molecule has 5 aliphatic carbocycles. The second-order valence-electron chi connectivity index (χ2n) is 45.1. The molecule has 742 valence electrons. The number of amides is 14. The third-order valence-electron chi connectivity index (χ3n) is 29.2. The topological polar surface area (TPSA) is 450 Å². The molecule has 35 heteroatoms. The summed E-state index contributed by atoms with van der Waals surface area (Å²) in [6.45, 7) is 41.3. The van der Waals surface area contributed by atoms with Crippen molar-refractivity contribution in [3.63, 3.8) is 0 Å². The van der Waals surface area contributed by atoms with Gasteiger partial charge >= 0.3 is 24.2 Å². The molecule has 35 nitrogen and oxygen atoms in total. The molecule has 12 aliphatic rings. The molecule has 0 aromatic heterocycles. The highest BCUT2D eigenvalue weighted by Crippen LogP contribution is 2.67. The first-order valence-electron chi connectivity index (χ1n) is 49.0. The fraction of sp³-hybridized carbons (Fsp3) is 0.835. The fourth-order valence-electron chi connectivity index (χ4n) is 20.7. The van der Waals surface area contributed by atoms with Crippen molar-refractivity contribution in [3.05, 3.63) is 0 Å². The average Bonchev–Trinajstić information content (AvgIpc) is 1.53. The van der Waals surface area contributed by atoms with E-state index in [1.165, 1.54) is 16.7 Å². The van der Waals surface area contributed by atoms with Gasteiger partial charge in [-0.15, -0.1) is 0 Å². The first-order chi connectivity index (χ1) is 61.7. The van der Waals surface area contributed by atoms with E-state index in [0.717, 1.165) is 122 Å². The summed E-state index contributed by atoms with van der Waals surface area (Å²) in [5, 5.41) is 25.7. The molecule has 0 aromatic rings. The number of nitrogens with one attached hydrogen (secondary N) is 9. The number of ketones is 1. The van der Waals surface area contributed by atoms with E-state index in [2.05, 4.69) is 89.4 Å². The lowest BCUT2D eigenvalue weighted by Crippen LogP contribution is -2.63. The molecule has 7 aliphatic heterocycles. The molecular formula is C97H157N13O22. The average molecular weight is 1860 g/mol. The SMILES string of the molecule is CC(=O)OC(C(=O)NC1CC1)[C@@H]1CCCCCCCO[C@@H](C)[C@H](NC(=O)OC(C)(C)C)C(=O)N2C[C@H]3[C@@H]([C@H]2C(=O)N1)C3(C)C.C[C@@H]1OCCCCCCC[C@@H](C(=O)C(=O)NC2CC2)NC(=O)[C@@H]2[C@@H]3[C@H](CN2C(=O)[C@H]1NC(=O)N[C@H](CN1C(=O)CC(C)(C)CC1=O)C(C)(C)C)C3(C)C.C[C@@H]1OCCCCCCC[C@@H](C=O)NC(=O)[C@@H]2[C@@H]3[C@H](CN2C(=O)[C@H]1NC(=O)OC(C)(C)C)C3(C)C. The monoisotopic (exact) mass is 1860 g/mol. The number of Topliss-reactive ketones (excluding diaryl/α,β-unsaturated/α-hetero) is 1. The van der Waals surface area contributed by atoms with Crippen molar-refractivity contribution in [2.45, 2.75) is 408 Å². The zero-order valence-electron chi connectivity index (χ0n) is 82.5. The molecule has 5 saturated carbocycles. The molecule has 0 bridgehead atoms. The van der Waals surface area contributed by atoms with Crippen molar-refractivity contribution in [3.8, 4) is 0 Å². The van der Waals surface area contributed by atoms with E-state index in [0.29, 0.717) is 65.1 Å². The molecule has 132 heavy (non-hydrogen) atoms. The van der Waals surface area contributed by atoms with E-state index in [4.69, 9.17) is 28.4 Å². The second kappa shape index (κ2) is 43.6. The third kappa shape index (κ3) is 27.6. The summed E-state index contributed by atoms with van der Waals surface area (Å²) in [5.41, 5.74) is -2.93. The number of urea groups is 1. The Morgan fingerprint density at radius 2 is 0.841 bits per heavy atom. The lowest BCUT2D eigenvalue weighted by molar-refractivity contribution is -0.157. The predicted octanol–water partition coefficient (Wildman–Crippen LogP) is 8.44. The van der Waals surface area contributed by atoms with E-state index < -0.39 is 172 Å². The number of imide groups is 1. The summed E-state index contributed by atoms with van der Waals surface area (Å²) in [6.07, 6.45) is 14.1. The van der Waals surface area contributed by atoms with Gasteiger partial charge in [-0.05, 0) is 189 Å². The van der Waals surface area contributed by atoms with Crippen LogP contribution in [0.15, 0.2) is 0 Å². The Hall–Kier alpha value is -8.60. The van der Waals surface area contributed by atoms with Gasteiger partial charge in [0.15, 0.2) is 6.10 Å². The molecule has 0 aromatic carbocycles. The van der Waals surface area contributed by atoms with Gasteiger partial charge in [0.05, 0.1) is 42.5 Å². The van der Waals surface area contributed by atoms with Crippen LogP contribution < -0.4 is 47.9 Å². The van der Waals surface area contributed by atoms with Gasteiger partial charge in [0.2, 0.25) is 53.0 Å². The normalized spacial score (nSPS) is 32.4. The summed E-state index contributed by atoms with van der Waals surface area (Å²) < 4.78 is 34.6. The quantitative estimate of drug-likeness (QED) is 0.0259. The maximum Gasteiger partial charge on any atom is 0.408 e. The lowest BCUT2D eigenvalue weighted by Gasteiger charge is -2.40. The molecule has 12 fully saturated rings. The number of alkyl carbamates (subject to hydrolysis) is 2. The number of rotatable bonds is 14. The molecular weight excluding hydrogens is 1700 g/mol. The molecule has 7 heterocycles. The molecule has 9 N–H and O–H groups in total. The lowest BCUT2D eigenvalue weighted by atomic mass is 9.80. The van der Waals surface area contributed by atoms with Crippen LogP contribution in [-0.2, 0) is 90.8 Å². The van der Waals surface area contributed by atoms with Crippen LogP contribution >= 0.6 is 0 Å². The Morgan fingerprint density at radius 3 is 1.23 bits per heavy atom. The Bertz CT molecular complexity index is 4160. The highest BCUT2D eigenvalue weighted by atomic mass is 16.6. The van der Waals surface area contributed by atoms with Crippen LogP contribution in [0.25, 0.3) is 0 Å². The van der Waals surface area contributed by atoms with E-state index in [1.54, 1.807) is 72.1 Å². The first-order valence-corrected chi connectivity index (χ1v) is 49.0. The number of carbonyl (C=O) groups excluding carboxylic acids is 16. The van der Waals surface area contributed by atoms with Crippen molar-refractivity contribution >= 4 is 95.3 Å². The van der Waals surface area contributed by atoms with Gasteiger partial charge in [-0.25, -0.2) is 14.4 Å². The summed E-state index contributed by atoms with van der Waals surface area (Å²) in [7, 11) is 0. The minimum Gasteiger partial charge on any atom is -0.450 e. The van der Waals surface area contributed by atoms with Crippen LogP contribution in [0, 0.1) is 62.6 Å². The summed E-state index contributed by atoms with van der Waals surface area (Å²) in [6, 6.07) is -9.22. The van der Waals surface area contributed by atoms with E-state index in [1.807, 2.05) is 34.6 Å². The summed E-state index contributed by atoms with van der Waals surface area (Å²) in [4.78, 5) is 219. The van der Waals surface area contributed by atoms with Crippen molar-refractivity contribution in [1.29, 1.82) is 0 Å². The molecule has 0 radical (unpaired) electrons. The Morgan fingerprint density at radius 1 is 0.470 bits per heavy atom. The number of aldehydes is 1. The van der Waals surface area contributed by atoms with E-state index in [9.17, 15) is 76.7 Å². The van der Waals surface area contributed by atoms with Crippen LogP contribution in [0.3, 0.4) is 0 Å². The van der Waals surface area contributed by atoms with Crippen LogP contribution in [0.1, 0.15) is 299 Å². The van der Waals surface area contributed by atoms with Crippen LogP contribution in [0.2, 0.25) is 0 Å². The Kier molecular flexibility index (Phi) is 34.8. The van der Waals surface area contributed by atoms with Crippen LogP contribution in [0.5, 0.6) is 0 Å². The third-order valence-corrected chi connectivity index (χ3v) is 29.2. The van der Waals surface area contributed by atoms with Gasteiger partial charge in [0.1, 0.15) is 53.7 Å². The van der Waals surface area contributed by atoms with Gasteiger partial charge in [-0.2, -0.15) is 0 Å². The van der Waals surface area contributed by atoms with E-state index >= 15 is 0 Å². The fourth-order valence-corrected chi connectivity index (χ4v) is 20.7. The van der Waals surface area contributed by atoms with Crippen LogP contribution in [0.4, 0.5) is 14.4 Å². The first kappa shape index (κ1) is 105. The molecule has 12 rings (SSSR count). The van der Waals surface area contributed by atoms with Gasteiger partial charge in [-0.3, -0.25) is 62.4 Å². The molecule has 0 spiro atoms. The van der Waals surface area contributed by atoms with Crippen molar-refractivity contribution in [1.82, 2.24) is 67.5 Å². The van der Waals surface area contributed by atoms with Gasteiger partial charge < -0.3 is 95.8 Å². The number of fused-ring (bicyclic) bond motifs is 9. The molecule has 1 unspecified atom stereocenters. The van der Waals surface area contributed by atoms with Gasteiger partial charge in [0, 0.05) is 77.8 Å². The second-order valence-corrected chi connectivity index (χ2v) is 45.1. The predicted molar refractivity (Wildman–Crippen MR) is 488 cm³/mol. The number of hydrogen-bond donors (Lipinski definition) is 9. The minimum absolute atomic E-state index is 0.00371. The number of ether oxygens (including phenoxy) is 6. The number of esters is 1. The zero-order valence-corrected chi connectivity index (χ0v) is 82.5. The van der Waals surface area contributed by atoms with E-state index in [-0.39, 0.29) is 107 Å². The number of piperidine rings is 4. The van der Waals surface area contributed by atoms with Crippen molar-refractivity contribution in [2.24, 2.45) is 62.6 Å². The molecule has 20 atom stereocenters. The van der Waals surface area contributed by atoms with Gasteiger partial charge in [-0.1, -0.05) is 153 Å². The highest BCUT2D eigenvalue weighted by Gasteiger charge is 2.73.